The maximum absolute atomic E-state index is 13.2. The van der Waals surface area contributed by atoms with Crippen LogP contribution in [0.3, 0.4) is 0 Å². The normalized spacial score (nSPS) is 17.6. The number of nitrogens with two attached hydrogens (primary N) is 1. The number of aryl methyl sites for hydroxylation is 1. The molecular weight excluding hydrogens is 271 g/mol. The SMILES string of the molecule is Cc1cc(F)c(N)cc1S(=O)(=O)NC1CCOCC1. The predicted octanol–water partition coefficient (Wildman–Crippen LogP) is 1.17. The number of rotatable bonds is 3. The van der Waals surface area contributed by atoms with Gasteiger partial charge in [-0.1, -0.05) is 0 Å². The van der Waals surface area contributed by atoms with Crippen LogP contribution in [-0.4, -0.2) is 27.7 Å². The number of nitrogen functional groups attached to an aromatic ring is 1. The fourth-order valence-electron chi connectivity index (χ4n) is 2.06. The summed E-state index contributed by atoms with van der Waals surface area (Å²) in [5.41, 5.74) is 5.60. The standard InChI is InChI=1S/C12H17FN2O3S/c1-8-6-10(13)11(14)7-12(8)19(16,17)15-9-2-4-18-5-3-9/h6-7,9,15H,2-5,14H2,1H3. The molecule has 0 aromatic heterocycles. The van der Waals surface area contributed by atoms with E-state index in [0.717, 1.165) is 12.1 Å². The molecule has 0 spiro atoms. The largest absolute Gasteiger partial charge is 0.396 e. The Morgan fingerprint density at radius 2 is 2.00 bits per heavy atom. The van der Waals surface area contributed by atoms with Gasteiger partial charge in [0, 0.05) is 19.3 Å². The van der Waals surface area contributed by atoms with Crippen LogP contribution < -0.4 is 10.5 Å². The van der Waals surface area contributed by atoms with Crippen molar-refractivity contribution in [2.45, 2.75) is 30.7 Å². The van der Waals surface area contributed by atoms with Gasteiger partial charge < -0.3 is 10.5 Å². The second kappa shape index (κ2) is 5.44. The first-order valence-corrected chi connectivity index (χ1v) is 7.54. The summed E-state index contributed by atoms with van der Waals surface area (Å²) in [6.45, 7) is 2.62. The summed E-state index contributed by atoms with van der Waals surface area (Å²) >= 11 is 0. The van der Waals surface area contributed by atoms with Crippen LogP contribution in [0.4, 0.5) is 10.1 Å². The zero-order valence-corrected chi connectivity index (χ0v) is 11.5. The van der Waals surface area contributed by atoms with Gasteiger partial charge in [-0.25, -0.2) is 17.5 Å². The molecule has 5 nitrogen and oxygen atoms in total. The van der Waals surface area contributed by atoms with E-state index in [1.54, 1.807) is 6.92 Å². The first kappa shape index (κ1) is 14.2. The molecule has 106 valence electrons. The van der Waals surface area contributed by atoms with Crippen LogP contribution >= 0.6 is 0 Å². The molecule has 2 rings (SSSR count). The molecule has 1 aliphatic heterocycles. The first-order valence-electron chi connectivity index (χ1n) is 6.06. The highest BCUT2D eigenvalue weighted by Crippen LogP contribution is 2.22. The van der Waals surface area contributed by atoms with Gasteiger partial charge in [-0.3, -0.25) is 0 Å². The van der Waals surface area contributed by atoms with Gasteiger partial charge in [0.2, 0.25) is 10.0 Å². The molecular formula is C12H17FN2O3S. The van der Waals surface area contributed by atoms with Gasteiger partial charge in [-0.2, -0.15) is 0 Å². The molecule has 0 radical (unpaired) electrons. The Labute approximate surface area is 112 Å². The van der Waals surface area contributed by atoms with Gasteiger partial charge in [0.1, 0.15) is 5.82 Å². The van der Waals surface area contributed by atoms with Gasteiger partial charge in [-0.15, -0.1) is 0 Å². The fraction of sp³-hybridized carbons (Fsp3) is 0.500. The lowest BCUT2D eigenvalue weighted by Crippen LogP contribution is -2.39. The van der Waals surface area contributed by atoms with Crippen LogP contribution in [0.25, 0.3) is 0 Å². The van der Waals surface area contributed by atoms with Crippen LogP contribution in [-0.2, 0) is 14.8 Å². The first-order chi connectivity index (χ1) is 8.90. The van der Waals surface area contributed by atoms with Crippen molar-refractivity contribution in [3.05, 3.63) is 23.5 Å². The number of hydrogen-bond acceptors (Lipinski definition) is 4. The van der Waals surface area contributed by atoms with E-state index >= 15 is 0 Å². The third-order valence-corrected chi connectivity index (χ3v) is 4.79. The molecule has 1 fully saturated rings. The number of benzene rings is 1. The van der Waals surface area contributed by atoms with Crippen molar-refractivity contribution in [3.8, 4) is 0 Å². The van der Waals surface area contributed by atoms with E-state index in [1.807, 2.05) is 0 Å². The Balaban J connectivity index is 2.26. The molecule has 0 aliphatic carbocycles. The van der Waals surface area contributed by atoms with Crippen molar-refractivity contribution in [1.29, 1.82) is 0 Å². The molecule has 1 aliphatic rings. The summed E-state index contributed by atoms with van der Waals surface area (Å²) in [7, 11) is -3.68. The number of hydrogen-bond donors (Lipinski definition) is 2. The molecule has 1 aromatic rings. The van der Waals surface area contributed by atoms with Crippen LogP contribution in [0.2, 0.25) is 0 Å². The molecule has 0 amide bonds. The molecule has 1 heterocycles. The van der Waals surface area contributed by atoms with E-state index in [0.29, 0.717) is 31.6 Å². The van der Waals surface area contributed by atoms with E-state index in [1.165, 1.54) is 0 Å². The van der Waals surface area contributed by atoms with E-state index < -0.39 is 15.8 Å². The van der Waals surface area contributed by atoms with Gasteiger partial charge in [-0.05, 0) is 37.5 Å². The number of ether oxygens (including phenoxy) is 1. The second-order valence-corrected chi connectivity index (χ2v) is 6.33. The van der Waals surface area contributed by atoms with E-state index in [9.17, 15) is 12.8 Å². The summed E-state index contributed by atoms with van der Waals surface area (Å²) in [4.78, 5) is 0.0258. The smallest absolute Gasteiger partial charge is 0.241 e. The van der Waals surface area contributed by atoms with Crippen molar-refractivity contribution in [3.63, 3.8) is 0 Å². The maximum atomic E-state index is 13.2. The lowest BCUT2D eigenvalue weighted by molar-refractivity contribution is 0.0832. The van der Waals surface area contributed by atoms with Gasteiger partial charge >= 0.3 is 0 Å². The van der Waals surface area contributed by atoms with Gasteiger partial charge in [0.05, 0.1) is 10.6 Å². The van der Waals surface area contributed by atoms with E-state index in [4.69, 9.17) is 10.5 Å². The molecule has 19 heavy (non-hydrogen) atoms. The summed E-state index contributed by atoms with van der Waals surface area (Å²) in [6, 6.07) is 2.14. The summed E-state index contributed by atoms with van der Waals surface area (Å²) in [5.74, 6) is -0.609. The van der Waals surface area contributed by atoms with Crippen molar-refractivity contribution in [2.75, 3.05) is 18.9 Å². The molecule has 0 unspecified atom stereocenters. The molecule has 3 N–H and O–H groups in total. The maximum Gasteiger partial charge on any atom is 0.241 e. The van der Waals surface area contributed by atoms with Crippen molar-refractivity contribution >= 4 is 15.7 Å². The zero-order valence-electron chi connectivity index (χ0n) is 10.6. The minimum absolute atomic E-state index is 0.0258. The van der Waals surface area contributed by atoms with Gasteiger partial charge in [0.15, 0.2) is 0 Å². The Morgan fingerprint density at radius 3 is 2.63 bits per heavy atom. The summed E-state index contributed by atoms with van der Waals surface area (Å²) in [6.07, 6.45) is 1.27. The molecule has 0 saturated carbocycles. The highest BCUT2D eigenvalue weighted by molar-refractivity contribution is 7.89. The van der Waals surface area contributed by atoms with Crippen LogP contribution in [0, 0.1) is 12.7 Å². The van der Waals surface area contributed by atoms with Crippen LogP contribution in [0.5, 0.6) is 0 Å². The molecule has 1 aromatic carbocycles. The average Bonchev–Trinajstić information content (AvgIpc) is 2.34. The Morgan fingerprint density at radius 1 is 1.37 bits per heavy atom. The molecule has 1 saturated heterocycles. The van der Waals surface area contributed by atoms with Crippen LogP contribution in [0.15, 0.2) is 17.0 Å². The second-order valence-electron chi connectivity index (χ2n) is 4.65. The highest BCUT2D eigenvalue weighted by atomic mass is 32.2. The lowest BCUT2D eigenvalue weighted by atomic mass is 10.1. The summed E-state index contributed by atoms with van der Waals surface area (Å²) < 4.78 is 45.5. The van der Waals surface area contributed by atoms with Gasteiger partial charge in [0.25, 0.3) is 0 Å². The van der Waals surface area contributed by atoms with Crippen molar-refractivity contribution in [2.24, 2.45) is 0 Å². The zero-order chi connectivity index (χ0) is 14.0. The topological polar surface area (TPSA) is 81.4 Å². The third-order valence-electron chi connectivity index (χ3n) is 3.13. The fourth-order valence-corrected chi connectivity index (χ4v) is 3.62. The molecule has 0 atom stereocenters. The third kappa shape index (κ3) is 3.23. The Kier molecular flexibility index (Phi) is 4.07. The highest BCUT2D eigenvalue weighted by Gasteiger charge is 2.24. The average molecular weight is 288 g/mol. The molecule has 7 heteroatoms. The Bertz CT molecular complexity index is 569. The number of sulfonamides is 1. The summed E-state index contributed by atoms with van der Waals surface area (Å²) in [5, 5.41) is 0. The van der Waals surface area contributed by atoms with Crippen molar-refractivity contribution < 1.29 is 17.5 Å². The molecule has 0 bridgehead atoms. The van der Waals surface area contributed by atoms with E-state index in [2.05, 4.69) is 4.72 Å². The monoisotopic (exact) mass is 288 g/mol. The lowest BCUT2D eigenvalue weighted by Gasteiger charge is -2.23. The number of nitrogens with one attached hydrogen (secondary N) is 1. The Hall–Kier alpha value is -1.18. The quantitative estimate of drug-likeness (QED) is 0.818. The number of halogens is 1. The number of anilines is 1. The minimum Gasteiger partial charge on any atom is -0.396 e. The minimum atomic E-state index is -3.68. The predicted molar refractivity (Wildman–Crippen MR) is 69.7 cm³/mol. The van der Waals surface area contributed by atoms with E-state index in [-0.39, 0.29) is 16.6 Å². The van der Waals surface area contributed by atoms with Crippen molar-refractivity contribution in [1.82, 2.24) is 4.72 Å². The van der Waals surface area contributed by atoms with Crippen LogP contribution in [0.1, 0.15) is 18.4 Å².